The zero-order valence-electron chi connectivity index (χ0n) is 10.7. The quantitative estimate of drug-likeness (QED) is 0.783. The van der Waals surface area contributed by atoms with Gasteiger partial charge in [0.05, 0.1) is 16.1 Å². The lowest BCUT2D eigenvalue weighted by Gasteiger charge is -2.15. The molecule has 0 aliphatic carbocycles. The maximum absolute atomic E-state index is 12.2. The monoisotopic (exact) mass is 371 g/mol. The first-order chi connectivity index (χ1) is 9.47. The first-order valence-electron chi connectivity index (χ1n) is 5.99. The predicted octanol–water partition coefficient (Wildman–Crippen LogP) is 5.25. The minimum absolute atomic E-state index is 0.102. The Balaban J connectivity index is 2.13. The SMILES string of the molecule is CC(NC(=O)c1ccc(Cl)c(Cl)c1)c1cccc(Br)c1. The van der Waals surface area contributed by atoms with Crippen LogP contribution in [0.25, 0.3) is 0 Å². The average molecular weight is 373 g/mol. The number of rotatable bonds is 3. The zero-order valence-corrected chi connectivity index (χ0v) is 13.8. The van der Waals surface area contributed by atoms with Crippen molar-refractivity contribution in [1.29, 1.82) is 0 Å². The number of hydrogen-bond acceptors (Lipinski definition) is 1. The van der Waals surface area contributed by atoms with Crippen LogP contribution < -0.4 is 5.32 Å². The van der Waals surface area contributed by atoms with E-state index < -0.39 is 0 Å². The molecule has 5 heteroatoms. The van der Waals surface area contributed by atoms with E-state index in [9.17, 15) is 4.79 Å². The Morgan fingerprint density at radius 3 is 2.55 bits per heavy atom. The third kappa shape index (κ3) is 3.75. The third-order valence-electron chi connectivity index (χ3n) is 2.88. The smallest absolute Gasteiger partial charge is 0.251 e. The predicted molar refractivity (Wildman–Crippen MR) is 86.5 cm³/mol. The van der Waals surface area contributed by atoms with Crippen molar-refractivity contribution in [2.45, 2.75) is 13.0 Å². The van der Waals surface area contributed by atoms with Crippen LogP contribution in [0.3, 0.4) is 0 Å². The van der Waals surface area contributed by atoms with Crippen LogP contribution in [0.2, 0.25) is 10.0 Å². The Kier molecular flexibility index (Phi) is 5.08. The summed E-state index contributed by atoms with van der Waals surface area (Å²) in [5.41, 5.74) is 1.51. The molecule has 2 aromatic rings. The number of carbonyl (C=O) groups is 1. The highest BCUT2D eigenvalue weighted by molar-refractivity contribution is 9.10. The van der Waals surface area contributed by atoms with E-state index in [4.69, 9.17) is 23.2 Å². The van der Waals surface area contributed by atoms with Gasteiger partial charge in [-0.1, -0.05) is 51.3 Å². The average Bonchev–Trinajstić information content (AvgIpc) is 2.41. The summed E-state index contributed by atoms with van der Waals surface area (Å²) in [5, 5.41) is 3.73. The molecule has 0 fully saturated rings. The molecule has 2 rings (SSSR count). The largest absolute Gasteiger partial charge is 0.346 e. The van der Waals surface area contributed by atoms with Crippen LogP contribution in [0.15, 0.2) is 46.9 Å². The number of nitrogens with one attached hydrogen (secondary N) is 1. The number of halogens is 3. The van der Waals surface area contributed by atoms with Gasteiger partial charge in [-0.2, -0.15) is 0 Å². The fourth-order valence-corrected chi connectivity index (χ4v) is 2.49. The molecule has 0 saturated carbocycles. The minimum atomic E-state index is -0.184. The minimum Gasteiger partial charge on any atom is -0.346 e. The summed E-state index contributed by atoms with van der Waals surface area (Å²) >= 11 is 15.2. The number of hydrogen-bond donors (Lipinski definition) is 1. The fourth-order valence-electron chi connectivity index (χ4n) is 1.78. The highest BCUT2D eigenvalue weighted by atomic mass is 79.9. The van der Waals surface area contributed by atoms with Crippen molar-refractivity contribution in [3.05, 3.63) is 68.1 Å². The number of carbonyl (C=O) groups excluding carboxylic acids is 1. The standard InChI is InChI=1S/C15H12BrCl2NO/c1-9(10-3-2-4-12(16)7-10)19-15(20)11-5-6-13(17)14(18)8-11/h2-9H,1H3,(H,19,20). The lowest BCUT2D eigenvalue weighted by atomic mass is 10.1. The summed E-state index contributed by atoms with van der Waals surface area (Å²) in [7, 11) is 0. The van der Waals surface area contributed by atoms with E-state index in [1.807, 2.05) is 31.2 Å². The Bertz CT molecular complexity index is 646. The summed E-state index contributed by atoms with van der Waals surface area (Å²) < 4.78 is 0.977. The first kappa shape index (κ1) is 15.4. The van der Waals surface area contributed by atoms with Gasteiger partial charge >= 0.3 is 0 Å². The Labute approximate surface area is 136 Å². The molecule has 0 aliphatic rings. The molecule has 0 aromatic heterocycles. The van der Waals surface area contributed by atoms with E-state index in [2.05, 4.69) is 21.2 Å². The highest BCUT2D eigenvalue weighted by Gasteiger charge is 2.12. The Morgan fingerprint density at radius 2 is 1.90 bits per heavy atom. The first-order valence-corrected chi connectivity index (χ1v) is 7.53. The lowest BCUT2D eigenvalue weighted by Crippen LogP contribution is -2.26. The molecule has 0 bridgehead atoms. The summed E-state index contributed by atoms with van der Waals surface area (Å²) in [4.78, 5) is 12.2. The van der Waals surface area contributed by atoms with Gasteiger partial charge in [-0.25, -0.2) is 0 Å². The van der Waals surface area contributed by atoms with Crippen LogP contribution in [0.4, 0.5) is 0 Å². The fraction of sp³-hybridized carbons (Fsp3) is 0.133. The van der Waals surface area contributed by atoms with E-state index in [-0.39, 0.29) is 11.9 Å². The second kappa shape index (κ2) is 6.61. The zero-order chi connectivity index (χ0) is 14.7. The van der Waals surface area contributed by atoms with Crippen molar-refractivity contribution in [3.63, 3.8) is 0 Å². The third-order valence-corrected chi connectivity index (χ3v) is 4.11. The molecule has 0 saturated heterocycles. The number of amides is 1. The van der Waals surface area contributed by atoms with Crippen molar-refractivity contribution >= 4 is 45.0 Å². The molecule has 2 nitrogen and oxygen atoms in total. The van der Waals surface area contributed by atoms with E-state index in [0.717, 1.165) is 10.0 Å². The van der Waals surface area contributed by atoms with Gasteiger partial charge in [0, 0.05) is 10.0 Å². The highest BCUT2D eigenvalue weighted by Crippen LogP contribution is 2.23. The Hall–Kier alpha value is -1.03. The van der Waals surface area contributed by atoms with Crippen molar-refractivity contribution in [1.82, 2.24) is 5.32 Å². The van der Waals surface area contributed by atoms with Crippen LogP contribution in [0, 0.1) is 0 Å². The summed E-state index contributed by atoms with van der Waals surface area (Å²) in [5.74, 6) is -0.184. The van der Waals surface area contributed by atoms with Crippen LogP contribution in [0.5, 0.6) is 0 Å². The van der Waals surface area contributed by atoms with E-state index in [0.29, 0.717) is 15.6 Å². The Morgan fingerprint density at radius 1 is 1.15 bits per heavy atom. The molecular formula is C15H12BrCl2NO. The second-order valence-electron chi connectivity index (χ2n) is 4.38. The molecule has 104 valence electrons. The van der Waals surface area contributed by atoms with Gasteiger partial charge in [0.25, 0.3) is 5.91 Å². The van der Waals surface area contributed by atoms with Gasteiger partial charge in [0.15, 0.2) is 0 Å². The van der Waals surface area contributed by atoms with Gasteiger partial charge < -0.3 is 5.32 Å². The number of benzene rings is 2. The molecule has 1 amide bonds. The maximum Gasteiger partial charge on any atom is 0.251 e. The van der Waals surface area contributed by atoms with Crippen LogP contribution in [0.1, 0.15) is 28.9 Å². The molecule has 1 unspecified atom stereocenters. The van der Waals surface area contributed by atoms with Crippen molar-refractivity contribution < 1.29 is 4.79 Å². The maximum atomic E-state index is 12.2. The molecule has 2 aromatic carbocycles. The van der Waals surface area contributed by atoms with Crippen LogP contribution in [-0.4, -0.2) is 5.91 Å². The van der Waals surface area contributed by atoms with E-state index >= 15 is 0 Å². The molecule has 0 radical (unpaired) electrons. The van der Waals surface area contributed by atoms with Gasteiger partial charge in [0.2, 0.25) is 0 Å². The summed E-state index contributed by atoms with van der Waals surface area (Å²) in [6, 6.07) is 12.5. The molecule has 0 heterocycles. The molecule has 1 atom stereocenters. The topological polar surface area (TPSA) is 29.1 Å². The van der Waals surface area contributed by atoms with Gasteiger partial charge in [-0.05, 0) is 42.8 Å². The second-order valence-corrected chi connectivity index (χ2v) is 6.11. The van der Waals surface area contributed by atoms with Gasteiger partial charge in [-0.15, -0.1) is 0 Å². The van der Waals surface area contributed by atoms with Gasteiger partial charge in [0.1, 0.15) is 0 Å². The van der Waals surface area contributed by atoms with Gasteiger partial charge in [-0.3, -0.25) is 4.79 Å². The molecule has 20 heavy (non-hydrogen) atoms. The molecule has 0 spiro atoms. The van der Waals surface area contributed by atoms with E-state index in [1.165, 1.54) is 0 Å². The van der Waals surface area contributed by atoms with Crippen molar-refractivity contribution in [2.24, 2.45) is 0 Å². The van der Waals surface area contributed by atoms with E-state index in [1.54, 1.807) is 18.2 Å². The summed E-state index contributed by atoms with van der Waals surface area (Å²) in [6.07, 6.45) is 0. The summed E-state index contributed by atoms with van der Waals surface area (Å²) in [6.45, 7) is 1.93. The normalized spacial score (nSPS) is 12.0. The van der Waals surface area contributed by atoms with Crippen LogP contribution in [-0.2, 0) is 0 Å². The van der Waals surface area contributed by atoms with Crippen LogP contribution >= 0.6 is 39.1 Å². The molecule has 1 N–H and O–H groups in total. The van der Waals surface area contributed by atoms with Crippen molar-refractivity contribution in [3.8, 4) is 0 Å². The molecule has 0 aliphatic heterocycles. The lowest BCUT2D eigenvalue weighted by molar-refractivity contribution is 0.0940. The molecular weight excluding hydrogens is 361 g/mol. The van der Waals surface area contributed by atoms with Crippen molar-refractivity contribution in [2.75, 3.05) is 0 Å².